The van der Waals surface area contributed by atoms with E-state index < -0.39 is 0 Å². The highest BCUT2D eigenvalue weighted by Gasteiger charge is 2.49. The molecule has 0 amide bonds. The lowest BCUT2D eigenvalue weighted by Crippen LogP contribution is -2.60. The lowest BCUT2D eigenvalue weighted by molar-refractivity contribution is -0.119. The summed E-state index contributed by atoms with van der Waals surface area (Å²) < 4.78 is 0. The smallest absolute Gasteiger partial charge is 0.178 e. The van der Waals surface area contributed by atoms with Crippen LogP contribution in [-0.4, -0.2) is 84.2 Å². The molecule has 2 fully saturated rings. The number of nitrogens with zero attached hydrogens (tertiary/aromatic N) is 4. The Morgan fingerprint density at radius 2 is 1.23 bits per heavy atom. The van der Waals surface area contributed by atoms with Gasteiger partial charge in [0.05, 0.1) is 13.1 Å². The van der Waals surface area contributed by atoms with E-state index in [9.17, 15) is 9.59 Å². The average molecular weight is 613 g/mol. The van der Waals surface area contributed by atoms with Gasteiger partial charge in [-0.25, -0.2) is 0 Å². The Balaban J connectivity index is 1.95. The zero-order chi connectivity index (χ0) is 29.4. The van der Waals surface area contributed by atoms with E-state index in [0.29, 0.717) is 31.7 Å². The molecule has 0 N–H and O–H groups in total. The highest BCUT2D eigenvalue weighted by molar-refractivity contribution is 7.82. The van der Waals surface area contributed by atoms with E-state index in [0.717, 1.165) is 90.9 Å². The zero-order valence-electron chi connectivity index (χ0n) is 24.8. The van der Waals surface area contributed by atoms with Crippen molar-refractivity contribution in [1.29, 1.82) is 0 Å². The largest absolute Gasteiger partial charge is 0.342 e. The first kappa shape index (κ1) is 34.1. The van der Waals surface area contributed by atoms with Crippen molar-refractivity contribution in [2.45, 2.75) is 112 Å². The molecular formula is C29H48N4O2S4. The third-order valence-corrected chi connectivity index (χ3v) is 9.53. The molecule has 0 bridgehead atoms. The number of carbonyl (C=O) groups excluding carboxylic acids is 2. The van der Waals surface area contributed by atoms with Crippen LogP contribution >= 0.6 is 48.9 Å². The third-order valence-electron chi connectivity index (χ3n) is 7.97. The summed E-state index contributed by atoms with van der Waals surface area (Å²) in [5.41, 5.74) is -0.492. The SMILES string of the molecule is CCN1CC(=S)N(C(N2C(=S)CN(CC)C2=S)C(C)(C)CCCC(=O)CCCCCCCC(C)(C)C=O)C1=S. The van der Waals surface area contributed by atoms with Crippen LogP contribution in [0.15, 0.2) is 0 Å². The van der Waals surface area contributed by atoms with Gasteiger partial charge in [-0.2, -0.15) is 0 Å². The van der Waals surface area contributed by atoms with Gasteiger partial charge in [0.15, 0.2) is 10.2 Å². The molecule has 0 spiro atoms. The second-order valence-electron chi connectivity index (χ2n) is 12.2. The van der Waals surface area contributed by atoms with E-state index in [-0.39, 0.29) is 17.0 Å². The number of unbranched alkanes of at least 4 members (excludes halogenated alkanes) is 4. The Labute approximate surface area is 258 Å². The van der Waals surface area contributed by atoms with Gasteiger partial charge in [-0.15, -0.1) is 0 Å². The van der Waals surface area contributed by atoms with Crippen molar-refractivity contribution in [2.24, 2.45) is 10.8 Å². The summed E-state index contributed by atoms with van der Waals surface area (Å²) in [4.78, 5) is 33.7. The molecule has 0 aromatic carbocycles. The van der Waals surface area contributed by atoms with Gasteiger partial charge in [-0.1, -0.05) is 77.8 Å². The van der Waals surface area contributed by atoms with Gasteiger partial charge in [-0.05, 0) is 64.0 Å². The van der Waals surface area contributed by atoms with Crippen LogP contribution in [0.25, 0.3) is 0 Å². The predicted molar refractivity (Wildman–Crippen MR) is 177 cm³/mol. The molecule has 2 aliphatic rings. The molecule has 0 aromatic rings. The fraction of sp³-hybridized carbons (Fsp3) is 0.793. The molecule has 0 radical (unpaired) electrons. The van der Waals surface area contributed by atoms with Crippen molar-refractivity contribution in [3.05, 3.63) is 0 Å². The molecule has 2 aliphatic heterocycles. The quantitative estimate of drug-likeness (QED) is 0.0970. The van der Waals surface area contributed by atoms with Crippen molar-refractivity contribution in [3.63, 3.8) is 0 Å². The number of hydrogen-bond acceptors (Lipinski definition) is 6. The van der Waals surface area contributed by atoms with Crippen LogP contribution in [-0.2, 0) is 9.59 Å². The van der Waals surface area contributed by atoms with Gasteiger partial charge in [0, 0.05) is 36.8 Å². The average Bonchev–Trinajstić information content (AvgIpc) is 3.32. The summed E-state index contributed by atoms with van der Waals surface area (Å²) >= 11 is 23.5. The minimum absolute atomic E-state index is 0.218. The van der Waals surface area contributed by atoms with Crippen LogP contribution in [0.3, 0.4) is 0 Å². The molecule has 39 heavy (non-hydrogen) atoms. The van der Waals surface area contributed by atoms with Crippen LogP contribution in [0.5, 0.6) is 0 Å². The Morgan fingerprint density at radius 1 is 0.769 bits per heavy atom. The van der Waals surface area contributed by atoms with E-state index in [1.54, 1.807) is 0 Å². The number of thiocarbonyl (C=S) groups is 4. The summed E-state index contributed by atoms with van der Waals surface area (Å²) in [6.07, 6.45) is 9.92. The second kappa shape index (κ2) is 15.2. The fourth-order valence-electron chi connectivity index (χ4n) is 5.41. The molecule has 2 heterocycles. The van der Waals surface area contributed by atoms with Crippen molar-refractivity contribution < 1.29 is 9.59 Å². The van der Waals surface area contributed by atoms with Gasteiger partial charge in [-0.3, -0.25) is 14.6 Å². The molecule has 0 aliphatic carbocycles. The van der Waals surface area contributed by atoms with Crippen LogP contribution in [0.4, 0.5) is 0 Å². The summed E-state index contributed by atoms with van der Waals surface area (Å²) in [7, 11) is 0. The molecule has 2 rings (SSSR count). The maximum Gasteiger partial charge on any atom is 0.178 e. The van der Waals surface area contributed by atoms with Gasteiger partial charge in [0.25, 0.3) is 0 Å². The molecule has 10 heteroatoms. The molecule has 220 valence electrons. The van der Waals surface area contributed by atoms with Gasteiger partial charge in [0.1, 0.15) is 28.2 Å². The van der Waals surface area contributed by atoms with E-state index >= 15 is 0 Å². The number of likely N-dealkylation sites (N-methyl/N-ethyl adjacent to an activating group) is 2. The molecule has 0 atom stereocenters. The first-order chi connectivity index (χ1) is 18.3. The maximum absolute atomic E-state index is 12.7. The predicted octanol–water partition coefficient (Wildman–Crippen LogP) is 6.53. The standard InChI is InChI=1S/C29H48N4O2S4/c1-7-30-19-23(36)32(26(30)38)25(33-24(37)20-31(8-2)27(33)39)29(5,6)18-14-16-22(35)15-12-10-9-11-13-17-28(3,4)21-34/h21,25H,7-20H2,1-6H3. The summed E-state index contributed by atoms with van der Waals surface area (Å²) in [6.45, 7) is 15.4. The summed E-state index contributed by atoms with van der Waals surface area (Å²) in [5.74, 6) is 0.332. The van der Waals surface area contributed by atoms with E-state index in [2.05, 4.69) is 47.3 Å². The normalized spacial score (nSPS) is 16.9. The van der Waals surface area contributed by atoms with Gasteiger partial charge in [0.2, 0.25) is 0 Å². The van der Waals surface area contributed by atoms with E-state index in [1.807, 2.05) is 13.8 Å². The Kier molecular flexibility index (Phi) is 13.3. The summed E-state index contributed by atoms with van der Waals surface area (Å²) in [5, 5.41) is 1.46. The number of rotatable bonds is 18. The van der Waals surface area contributed by atoms with Gasteiger partial charge < -0.3 is 14.6 Å². The first-order valence-electron chi connectivity index (χ1n) is 14.5. The number of aldehydes is 1. The molecule has 0 aromatic heterocycles. The molecular weight excluding hydrogens is 565 g/mol. The zero-order valence-corrected chi connectivity index (χ0v) is 28.1. The first-order valence-corrected chi connectivity index (χ1v) is 16.1. The van der Waals surface area contributed by atoms with Crippen LogP contribution in [0, 0.1) is 10.8 Å². The Hall–Kier alpha value is -1.10. The molecule has 2 saturated heterocycles. The van der Waals surface area contributed by atoms with Crippen molar-refractivity contribution in [2.75, 3.05) is 26.2 Å². The second-order valence-corrected chi connectivity index (χ2v) is 13.9. The van der Waals surface area contributed by atoms with E-state index in [1.165, 1.54) is 0 Å². The lowest BCUT2D eigenvalue weighted by atomic mass is 9.82. The minimum atomic E-state index is -0.273. The van der Waals surface area contributed by atoms with Crippen molar-refractivity contribution in [3.8, 4) is 0 Å². The number of hydrogen-bond donors (Lipinski definition) is 0. The minimum Gasteiger partial charge on any atom is -0.342 e. The van der Waals surface area contributed by atoms with E-state index in [4.69, 9.17) is 48.9 Å². The fourth-order valence-corrected chi connectivity index (χ4v) is 7.02. The van der Waals surface area contributed by atoms with Crippen molar-refractivity contribution in [1.82, 2.24) is 19.6 Å². The number of ketones is 1. The Morgan fingerprint density at radius 3 is 1.69 bits per heavy atom. The highest BCUT2D eigenvalue weighted by Crippen LogP contribution is 2.38. The molecule has 0 unspecified atom stereocenters. The number of carbonyl (C=O) groups is 2. The molecule has 0 saturated carbocycles. The Bertz CT molecular complexity index is 894. The monoisotopic (exact) mass is 612 g/mol. The topological polar surface area (TPSA) is 47.1 Å². The summed E-state index contributed by atoms with van der Waals surface area (Å²) in [6, 6.07) is 0. The maximum atomic E-state index is 12.7. The molecule has 6 nitrogen and oxygen atoms in total. The third kappa shape index (κ3) is 9.20. The lowest BCUT2D eigenvalue weighted by Gasteiger charge is -2.46. The van der Waals surface area contributed by atoms with Gasteiger partial charge >= 0.3 is 0 Å². The van der Waals surface area contributed by atoms with Crippen LogP contribution in [0.2, 0.25) is 0 Å². The highest BCUT2D eigenvalue weighted by atomic mass is 32.1. The number of Topliss-reactive ketones (excluding diaryl/α,β-unsaturated/α-hetero) is 1. The van der Waals surface area contributed by atoms with Crippen molar-refractivity contribution >= 4 is 81.1 Å². The van der Waals surface area contributed by atoms with Crippen LogP contribution < -0.4 is 0 Å². The van der Waals surface area contributed by atoms with Crippen LogP contribution in [0.1, 0.15) is 106 Å².